The predicted octanol–water partition coefficient (Wildman–Crippen LogP) is -17.3. The van der Waals surface area contributed by atoms with Crippen molar-refractivity contribution in [2.24, 2.45) is 0 Å². The van der Waals surface area contributed by atoms with E-state index >= 15 is 0 Å². The second-order valence-corrected chi connectivity index (χ2v) is 20.9. The van der Waals surface area contributed by atoms with Crippen LogP contribution < -0.4 is 139 Å². The van der Waals surface area contributed by atoms with Crippen molar-refractivity contribution >= 4 is 70.0 Å². The number of benzene rings is 1. The number of rotatable bonds is 28. The predicted molar refractivity (Wildman–Crippen MR) is 218 cm³/mol. The van der Waals surface area contributed by atoms with Crippen molar-refractivity contribution in [2.75, 3.05) is 50.0 Å². The molecule has 70 heavy (non-hydrogen) atoms. The number of methoxy groups -OCH3 is 1. The molecule has 9 N–H and O–H groups in total. The van der Waals surface area contributed by atoms with Crippen LogP contribution in [-0.2, 0) is 72.8 Å². The van der Waals surface area contributed by atoms with E-state index in [1.54, 1.807) is 24.3 Å². The van der Waals surface area contributed by atoms with Gasteiger partial charge in [0.25, 0.3) is 0 Å². The van der Waals surface area contributed by atoms with Crippen LogP contribution in [0.25, 0.3) is 0 Å². The van der Waals surface area contributed by atoms with Crippen LogP contribution >= 0.6 is 21.6 Å². The smallest absolute Gasteiger partial charge is 0.735 e. The molecule has 382 valence electrons. The fourth-order valence-electron chi connectivity index (χ4n) is 6.80. The maximum absolute atomic E-state index is 12.3. The molecule has 4 rings (SSSR count). The minimum absolute atomic E-state index is 0. The number of hydrogen-bond acceptors (Lipinski definition) is 29. The molecule has 1 aromatic carbocycles. The average Bonchev–Trinajstić information content (AvgIpc) is 3.76. The topological polar surface area (TPSA) is 443 Å². The number of ether oxygens (including phenoxy) is 5. The van der Waals surface area contributed by atoms with Crippen LogP contribution in [0.3, 0.4) is 0 Å². The van der Waals surface area contributed by atoms with Gasteiger partial charge in [-0.05, 0) is 37.5 Å². The maximum Gasteiger partial charge on any atom is 1.00 e. The zero-order valence-electron chi connectivity index (χ0n) is 38.5. The number of aliphatic hydroxyl groups excluding tert-OH is 6. The molecular formula is C33H51N3Na4O25S5. The summed E-state index contributed by atoms with van der Waals surface area (Å²) in [6, 6.07) is 4.27. The Balaban J connectivity index is 0.0000119. The molecule has 1 aromatic rings. The summed E-state index contributed by atoms with van der Waals surface area (Å²) in [5.74, 6) is -1.13. The minimum Gasteiger partial charge on any atom is -0.735 e. The zero-order valence-corrected chi connectivity index (χ0v) is 50.6. The normalized spacial score (nSPS) is 28.9. The van der Waals surface area contributed by atoms with E-state index in [-0.39, 0.29) is 118 Å². The second-order valence-electron chi connectivity index (χ2n) is 14.9. The third-order valence-corrected chi connectivity index (χ3v) is 14.5. The van der Waals surface area contributed by atoms with Gasteiger partial charge in [0.1, 0.15) is 61.0 Å². The molecule has 3 fully saturated rings. The molecule has 3 heterocycles. The van der Waals surface area contributed by atoms with Gasteiger partial charge in [0.05, 0.1) is 37.6 Å². The van der Waals surface area contributed by atoms with Gasteiger partial charge in [-0.2, -0.15) is 0 Å². The van der Waals surface area contributed by atoms with Crippen LogP contribution in [-0.4, -0.2) is 206 Å². The molecule has 3 saturated heterocycles. The minimum atomic E-state index is -5.91. The van der Waals surface area contributed by atoms with Crippen molar-refractivity contribution < 1.29 is 235 Å². The van der Waals surface area contributed by atoms with Gasteiger partial charge in [0.2, 0.25) is 20.8 Å². The first-order valence-electron chi connectivity index (χ1n) is 19.7. The summed E-state index contributed by atoms with van der Waals surface area (Å²) in [4.78, 5) is 17.8. The third kappa shape index (κ3) is 24.4. The largest absolute Gasteiger partial charge is 1.00 e. The van der Waals surface area contributed by atoms with Gasteiger partial charge in [-0.15, -0.1) is 0 Å². The molecule has 7 unspecified atom stereocenters. The van der Waals surface area contributed by atoms with Crippen molar-refractivity contribution in [3.05, 3.63) is 24.3 Å². The van der Waals surface area contributed by atoms with Gasteiger partial charge < -0.3 is 83.2 Å². The van der Waals surface area contributed by atoms with E-state index in [0.29, 0.717) is 23.2 Å². The number of carboxylic acids is 1. The second kappa shape index (κ2) is 34.2. The van der Waals surface area contributed by atoms with Crippen molar-refractivity contribution in [3.8, 4) is 0 Å². The van der Waals surface area contributed by atoms with Gasteiger partial charge in [-0.1, -0.05) is 40.5 Å². The maximum atomic E-state index is 12.3. The number of anilines is 2. The van der Waals surface area contributed by atoms with Crippen molar-refractivity contribution in [2.45, 2.75) is 123 Å². The summed E-state index contributed by atoms with van der Waals surface area (Å²) in [5, 5.41) is 80.4. The Morgan fingerprint density at radius 3 is 2.10 bits per heavy atom. The number of aliphatic hydroxyl groups is 6. The van der Waals surface area contributed by atoms with E-state index < -0.39 is 143 Å². The Labute approximate surface area is 500 Å². The molecule has 0 saturated carbocycles. The quantitative estimate of drug-likeness (QED) is 0.00939. The molecule has 3 aliphatic rings. The van der Waals surface area contributed by atoms with Crippen molar-refractivity contribution in [1.82, 2.24) is 4.72 Å². The Bertz CT molecular complexity index is 2030. The number of carboxylic acid groups (broad SMARTS) is 1. The van der Waals surface area contributed by atoms with E-state index in [9.17, 15) is 79.5 Å². The number of unbranched alkanes of at least 4 members (excludes halogenated alkanes) is 2. The zero-order chi connectivity index (χ0) is 49.0. The van der Waals surface area contributed by atoms with Crippen LogP contribution in [0.1, 0.15) is 32.1 Å². The van der Waals surface area contributed by atoms with Gasteiger partial charge in [-0.25, -0.2) is 30.0 Å². The number of nitrogens with one attached hydrogen (secondary N) is 3. The average molecular weight is 1140 g/mol. The molecule has 0 spiro atoms. The summed E-state index contributed by atoms with van der Waals surface area (Å²) in [6.07, 6.45) is -24.8. The van der Waals surface area contributed by atoms with E-state index in [1.807, 2.05) is 21.6 Å². The molecular weight excluding hydrogens is 1090 g/mol. The first-order valence-corrected chi connectivity index (χ1v) is 26.2. The van der Waals surface area contributed by atoms with E-state index in [2.05, 4.69) is 19.2 Å². The third-order valence-electron chi connectivity index (χ3n) is 10.0. The molecule has 3 aliphatic heterocycles. The standard InChI is InChI=1S/C33H55N3O25S5.4Na/c1-54-27-21(15-57-65(48,49)50)58-32(22(25(27)41)36-64(45,46)47)59-28-26(42)29(61-66(51,52)53)33(60-30(28)31(43)44)55-14-20(38)24(40)23(39)19(37)13-34-16-6-5-7-17(12-16)35-56-10-4-2-3-8-18-9-11-62-63-18;;;;/h5-7,12,18-30,32-42H,2-4,8-11,13-15H2,1H3,(H,43,44)(H,45,46,47)(H,48,49,50)(H,51,52,53);;;;/q;4*+1/p-4/t18?,19?,20?,21?,22?,23-,24+,25-,26+,27+,28-,29?,30?,32+,33-;;;;/m1..../s1. The van der Waals surface area contributed by atoms with Crippen LogP contribution in [0.5, 0.6) is 0 Å². The summed E-state index contributed by atoms with van der Waals surface area (Å²) < 4.78 is 139. The monoisotopic (exact) mass is 1140 g/mol. The summed E-state index contributed by atoms with van der Waals surface area (Å²) in [6.45, 7) is -2.46. The van der Waals surface area contributed by atoms with Gasteiger partial charge in [0.15, 0.2) is 29.0 Å². The molecule has 0 aliphatic carbocycles. The Morgan fingerprint density at radius 2 is 1.51 bits per heavy atom. The summed E-state index contributed by atoms with van der Waals surface area (Å²) >= 11 is 0. The Kier molecular flexibility index (Phi) is 35.2. The molecule has 0 aromatic heterocycles. The van der Waals surface area contributed by atoms with Crippen molar-refractivity contribution in [3.63, 3.8) is 0 Å². The van der Waals surface area contributed by atoms with Crippen LogP contribution in [0, 0.1) is 0 Å². The molecule has 15 atom stereocenters. The number of hydrogen-bond donors (Lipinski definition) is 9. The van der Waals surface area contributed by atoms with Gasteiger partial charge >= 0.3 is 118 Å². The fourth-order valence-corrected chi connectivity index (χ4v) is 11.2. The molecule has 0 amide bonds. The Hall–Kier alpha value is 2.12. The van der Waals surface area contributed by atoms with Gasteiger partial charge in [0, 0.05) is 30.3 Å². The van der Waals surface area contributed by atoms with Crippen LogP contribution in [0.2, 0.25) is 0 Å². The summed E-state index contributed by atoms with van der Waals surface area (Å²) in [7, 11) is -12.2. The Morgan fingerprint density at radius 1 is 0.857 bits per heavy atom. The molecule has 0 bridgehead atoms. The first-order chi connectivity index (χ1) is 30.9. The summed E-state index contributed by atoms with van der Waals surface area (Å²) in [5.41, 5.74) is 3.81. The van der Waals surface area contributed by atoms with E-state index in [0.717, 1.165) is 26.4 Å². The van der Waals surface area contributed by atoms with Crippen molar-refractivity contribution in [1.29, 1.82) is 0 Å². The molecule has 28 nitrogen and oxygen atoms in total. The van der Waals surface area contributed by atoms with Gasteiger partial charge in [-0.3, -0.25) is 18.7 Å². The number of carbonyl (C=O) groups excluding carboxylic acids is 1. The van der Waals surface area contributed by atoms with E-state index in [1.165, 1.54) is 23.3 Å². The van der Waals surface area contributed by atoms with E-state index in [4.69, 9.17) is 28.5 Å². The molecule has 37 heteroatoms. The SMILES string of the molecule is CO[C@H]1C(COS(=O)(=O)[O-])O[C@@H](O[C@H]2C(C(=O)[O-])O[C@@H](OCC(O)[C@H](O)[C@H](O)C(O)CNc3cccc(NOCCCCCC4CCSS4)c3)C(OS(=O)(=O)[O-])[C@H]2O)C(NS(=O)(=O)[O-])[C@H]1O.[Na+].[Na+].[Na+].[Na+]. The van der Waals surface area contributed by atoms with Crippen LogP contribution in [0.4, 0.5) is 11.4 Å². The first kappa shape index (κ1) is 72.1. The number of aliphatic carboxylic acids is 1. The fraction of sp³-hybridized carbons (Fsp3) is 0.788. The number of carbonyl (C=O) groups is 1. The molecule has 0 radical (unpaired) electrons. The van der Waals surface area contributed by atoms with Crippen LogP contribution in [0.15, 0.2) is 24.3 Å².